The Hall–Kier alpha value is -1.50. The fraction of sp³-hybridized carbons (Fsp3) is 0.611. The molecule has 1 N–H and O–H groups in total. The van der Waals surface area contributed by atoms with Crippen molar-refractivity contribution in [1.29, 1.82) is 0 Å². The molecular weight excluding hydrogens is 311 g/mol. The molecule has 1 aliphatic rings. The lowest BCUT2D eigenvalue weighted by Crippen LogP contribution is -2.45. The largest absolute Gasteiger partial charge is 0.379 e. The van der Waals surface area contributed by atoms with Crippen molar-refractivity contribution in [3.8, 4) is 0 Å². The molecule has 1 aromatic carbocycles. The summed E-state index contributed by atoms with van der Waals surface area (Å²) in [6.07, 6.45) is 0.190. The van der Waals surface area contributed by atoms with Gasteiger partial charge in [0, 0.05) is 26.2 Å². The smallest absolute Gasteiger partial charge is 0.249 e. The van der Waals surface area contributed by atoms with Gasteiger partial charge in [-0.3, -0.25) is 9.69 Å². The van der Waals surface area contributed by atoms with Crippen LogP contribution >= 0.6 is 0 Å². The van der Waals surface area contributed by atoms with Gasteiger partial charge in [0.1, 0.15) is 11.9 Å². The Kier molecular flexibility index (Phi) is 7.62. The van der Waals surface area contributed by atoms with E-state index in [1.54, 1.807) is 6.07 Å². The number of hydrogen-bond acceptors (Lipinski definition) is 4. The third-order valence-electron chi connectivity index (χ3n) is 4.22. The predicted molar refractivity (Wildman–Crippen MR) is 90.2 cm³/mol. The van der Waals surface area contributed by atoms with E-state index in [0.29, 0.717) is 32.8 Å². The molecule has 0 aliphatic carbocycles. The molecule has 24 heavy (non-hydrogen) atoms. The Morgan fingerprint density at radius 1 is 1.38 bits per heavy atom. The van der Waals surface area contributed by atoms with Gasteiger partial charge in [-0.05, 0) is 31.0 Å². The van der Waals surface area contributed by atoms with Crippen LogP contribution in [0.4, 0.5) is 4.39 Å². The number of carbonyl (C=O) groups excluding carboxylic acids is 1. The van der Waals surface area contributed by atoms with E-state index in [-0.39, 0.29) is 17.8 Å². The Bertz CT molecular complexity index is 521. The average Bonchev–Trinajstić information content (AvgIpc) is 2.60. The maximum Gasteiger partial charge on any atom is 0.249 e. The van der Waals surface area contributed by atoms with Crippen LogP contribution in [0.25, 0.3) is 0 Å². The van der Waals surface area contributed by atoms with Gasteiger partial charge in [0.2, 0.25) is 5.91 Å². The summed E-state index contributed by atoms with van der Waals surface area (Å²) in [5, 5.41) is 2.96. The monoisotopic (exact) mass is 338 g/mol. The highest BCUT2D eigenvalue weighted by molar-refractivity contribution is 5.80. The van der Waals surface area contributed by atoms with Crippen LogP contribution in [0.2, 0.25) is 0 Å². The zero-order valence-electron chi connectivity index (χ0n) is 14.5. The van der Waals surface area contributed by atoms with Crippen LogP contribution in [0.15, 0.2) is 24.3 Å². The van der Waals surface area contributed by atoms with Crippen LogP contribution < -0.4 is 5.32 Å². The van der Waals surface area contributed by atoms with Gasteiger partial charge in [0.05, 0.1) is 19.3 Å². The lowest BCUT2D eigenvalue weighted by atomic mass is 10.0. The molecule has 0 aromatic heterocycles. The normalized spacial score (nSPS) is 18.1. The highest BCUT2D eigenvalue weighted by Crippen LogP contribution is 2.22. The maximum absolute atomic E-state index is 13.6. The van der Waals surface area contributed by atoms with Crippen LogP contribution in [-0.2, 0) is 14.3 Å². The summed E-state index contributed by atoms with van der Waals surface area (Å²) in [5.74, 6) is -0.383. The molecule has 1 heterocycles. The molecule has 1 aliphatic heterocycles. The average molecular weight is 338 g/mol. The Morgan fingerprint density at radius 3 is 2.75 bits per heavy atom. The summed E-state index contributed by atoms with van der Waals surface area (Å²) < 4.78 is 24.5. The van der Waals surface area contributed by atoms with Crippen LogP contribution in [0.3, 0.4) is 0 Å². The quantitative estimate of drug-likeness (QED) is 0.789. The molecule has 0 radical (unpaired) electrons. The van der Waals surface area contributed by atoms with E-state index >= 15 is 0 Å². The Morgan fingerprint density at radius 2 is 2.12 bits per heavy atom. The minimum atomic E-state index is -0.437. The summed E-state index contributed by atoms with van der Waals surface area (Å²) in [5.41, 5.74) is 0.863. The van der Waals surface area contributed by atoms with E-state index in [0.717, 1.165) is 18.7 Å². The summed E-state index contributed by atoms with van der Waals surface area (Å²) in [4.78, 5) is 14.5. The fourth-order valence-electron chi connectivity index (χ4n) is 2.95. The van der Waals surface area contributed by atoms with Gasteiger partial charge in [0.25, 0.3) is 0 Å². The first-order valence-corrected chi connectivity index (χ1v) is 8.62. The SMILES string of the molecule is CCO[C@@H](CC)C(=O)NC[C@H](c1cccc(F)c1)N1CCOCC1. The van der Waals surface area contributed by atoms with Crippen molar-refractivity contribution in [2.24, 2.45) is 0 Å². The first kappa shape index (κ1) is 18.8. The number of benzene rings is 1. The second kappa shape index (κ2) is 9.71. The van der Waals surface area contributed by atoms with Gasteiger partial charge < -0.3 is 14.8 Å². The molecule has 1 aromatic rings. The molecule has 1 saturated heterocycles. The number of morpholine rings is 1. The molecule has 6 heteroatoms. The first-order valence-electron chi connectivity index (χ1n) is 8.62. The predicted octanol–water partition coefficient (Wildman–Crippen LogP) is 2.13. The molecule has 0 bridgehead atoms. The van der Waals surface area contributed by atoms with E-state index in [1.165, 1.54) is 12.1 Å². The lowest BCUT2D eigenvalue weighted by molar-refractivity contribution is -0.133. The van der Waals surface area contributed by atoms with Crippen LogP contribution in [0, 0.1) is 5.82 Å². The topological polar surface area (TPSA) is 50.8 Å². The van der Waals surface area contributed by atoms with Gasteiger partial charge in [-0.1, -0.05) is 19.1 Å². The van der Waals surface area contributed by atoms with Crippen molar-refractivity contribution >= 4 is 5.91 Å². The number of nitrogens with zero attached hydrogens (tertiary/aromatic N) is 1. The van der Waals surface area contributed by atoms with Gasteiger partial charge in [0.15, 0.2) is 0 Å². The third kappa shape index (κ3) is 5.26. The lowest BCUT2D eigenvalue weighted by Gasteiger charge is -2.35. The van der Waals surface area contributed by atoms with Crippen LogP contribution in [0.5, 0.6) is 0 Å². The number of halogens is 1. The zero-order valence-corrected chi connectivity index (χ0v) is 14.5. The van der Waals surface area contributed by atoms with Crippen LogP contribution in [-0.4, -0.2) is 56.4 Å². The van der Waals surface area contributed by atoms with E-state index in [2.05, 4.69) is 10.2 Å². The van der Waals surface area contributed by atoms with Gasteiger partial charge in [-0.25, -0.2) is 4.39 Å². The summed E-state index contributed by atoms with van der Waals surface area (Å²) >= 11 is 0. The Labute approximate surface area is 143 Å². The summed E-state index contributed by atoms with van der Waals surface area (Å²) in [6, 6.07) is 6.49. The molecule has 5 nitrogen and oxygen atoms in total. The second-order valence-corrected chi connectivity index (χ2v) is 5.82. The Balaban J connectivity index is 2.07. The molecule has 2 atom stereocenters. The number of rotatable bonds is 8. The third-order valence-corrected chi connectivity index (χ3v) is 4.22. The summed E-state index contributed by atoms with van der Waals surface area (Å²) in [6.45, 7) is 7.55. The number of ether oxygens (including phenoxy) is 2. The molecule has 1 amide bonds. The molecule has 0 saturated carbocycles. The minimum Gasteiger partial charge on any atom is -0.379 e. The van der Waals surface area contributed by atoms with Crippen molar-refractivity contribution in [3.05, 3.63) is 35.6 Å². The summed E-state index contributed by atoms with van der Waals surface area (Å²) in [7, 11) is 0. The van der Waals surface area contributed by atoms with Crippen molar-refractivity contribution in [2.75, 3.05) is 39.5 Å². The molecule has 2 rings (SSSR count). The van der Waals surface area contributed by atoms with E-state index in [9.17, 15) is 9.18 Å². The van der Waals surface area contributed by atoms with E-state index < -0.39 is 6.10 Å². The number of hydrogen-bond donors (Lipinski definition) is 1. The molecule has 1 fully saturated rings. The minimum absolute atomic E-state index is 0.0762. The van der Waals surface area contributed by atoms with Crippen LogP contribution in [0.1, 0.15) is 31.9 Å². The van der Waals surface area contributed by atoms with Crippen molar-refractivity contribution in [2.45, 2.75) is 32.4 Å². The van der Waals surface area contributed by atoms with Crippen molar-refractivity contribution in [1.82, 2.24) is 10.2 Å². The standard InChI is InChI=1S/C18H27FN2O3/c1-3-17(24-4-2)18(22)20-13-16(21-8-10-23-11-9-21)14-6-5-7-15(19)12-14/h5-7,12,16-17H,3-4,8-11,13H2,1-2H3,(H,20,22)/t16-,17+/m1/s1. The zero-order chi connectivity index (χ0) is 17.4. The first-order chi connectivity index (χ1) is 11.7. The molecule has 134 valence electrons. The molecule has 0 unspecified atom stereocenters. The van der Waals surface area contributed by atoms with Gasteiger partial charge in [-0.15, -0.1) is 0 Å². The highest BCUT2D eigenvalue weighted by Gasteiger charge is 2.25. The van der Waals surface area contributed by atoms with Crippen molar-refractivity contribution < 1.29 is 18.7 Å². The van der Waals surface area contributed by atoms with E-state index in [1.807, 2.05) is 19.9 Å². The van der Waals surface area contributed by atoms with Gasteiger partial charge in [-0.2, -0.15) is 0 Å². The maximum atomic E-state index is 13.6. The second-order valence-electron chi connectivity index (χ2n) is 5.82. The number of nitrogens with one attached hydrogen (secondary N) is 1. The number of carbonyl (C=O) groups is 1. The molecule has 0 spiro atoms. The number of amides is 1. The van der Waals surface area contributed by atoms with E-state index in [4.69, 9.17) is 9.47 Å². The highest BCUT2D eigenvalue weighted by atomic mass is 19.1. The molecular formula is C18H27FN2O3. The van der Waals surface area contributed by atoms with Gasteiger partial charge >= 0.3 is 0 Å². The van der Waals surface area contributed by atoms with Crippen molar-refractivity contribution in [3.63, 3.8) is 0 Å². The fourth-order valence-corrected chi connectivity index (χ4v) is 2.95.